The van der Waals surface area contributed by atoms with E-state index in [2.05, 4.69) is 16.4 Å². The van der Waals surface area contributed by atoms with Gasteiger partial charge in [0.1, 0.15) is 6.07 Å². The summed E-state index contributed by atoms with van der Waals surface area (Å²) < 4.78 is 5.67. The fraction of sp³-hybridized carbons (Fsp3) is 0.294. The Bertz CT molecular complexity index is 707. The number of aromatic nitrogens is 1. The van der Waals surface area contributed by atoms with Gasteiger partial charge in [0, 0.05) is 18.8 Å². The van der Waals surface area contributed by atoms with Crippen LogP contribution in [0.4, 0.5) is 5.69 Å². The van der Waals surface area contributed by atoms with Crippen LogP contribution < -0.4 is 10.1 Å². The molecule has 1 aromatic carbocycles. The first-order valence-corrected chi connectivity index (χ1v) is 7.64. The molecule has 1 aliphatic rings. The van der Waals surface area contributed by atoms with Crippen LogP contribution in [0.5, 0.6) is 5.88 Å². The Hall–Kier alpha value is -2.25. The fourth-order valence-electron chi connectivity index (χ4n) is 2.11. The average Bonchev–Trinajstić information content (AvgIpc) is 3.36. The summed E-state index contributed by atoms with van der Waals surface area (Å²) in [6.45, 7) is 1.30. The van der Waals surface area contributed by atoms with Gasteiger partial charge in [0.2, 0.25) is 5.88 Å². The van der Waals surface area contributed by atoms with Crippen molar-refractivity contribution >= 4 is 17.3 Å². The zero-order valence-electron chi connectivity index (χ0n) is 12.1. The second-order valence-electron chi connectivity index (χ2n) is 5.38. The number of nitrogens with zero attached hydrogens (tertiary/aromatic N) is 2. The topological polar surface area (TPSA) is 57.9 Å². The first-order chi connectivity index (χ1) is 10.8. The van der Waals surface area contributed by atoms with Crippen molar-refractivity contribution in [1.29, 1.82) is 5.26 Å². The first-order valence-electron chi connectivity index (χ1n) is 7.26. The lowest BCUT2D eigenvalue weighted by Crippen LogP contribution is -2.04. The molecule has 112 valence electrons. The van der Waals surface area contributed by atoms with E-state index in [0.29, 0.717) is 34.6 Å². The molecule has 1 saturated carbocycles. The minimum absolute atomic E-state index is 0.534. The highest BCUT2D eigenvalue weighted by Crippen LogP contribution is 2.29. The van der Waals surface area contributed by atoms with E-state index in [0.717, 1.165) is 12.2 Å². The van der Waals surface area contributed by atoms with Crippen molar-refractivity contribution in [3.63, 3.8) is 0 Å². The van der Waals surface area contributed by atoms with E-state index in [-0.39, 0.29) is 0 Å². The number of hydrogen-bond acceptors (Lipinski definition) is 4. The number of rotatable bonds is 6. The summed E-state index contributed by atoms with van der Waals surface area (Å²) >= 11 is 6.15. The zero-order valence-corrected chi connectivity index (χ0v) is 12.8. The van der Waals surface area contributed by atoms with Crippen molar-refractivity contribution in [3.8, 4) is 11.9 Å². The molecule has 0 unspecified atom stereocenters. The minimum Gasteiger partial charge on any atom is -0.477 e. The predicted molar refractivity (Wildman–Crippen MR) is 85.9 cm³/mol. The van der Waals surface area contributed by atoms with Crippen LogP contribution in [0.25, 0.3) is 0 Å². The van der Waals surface area contributed by atoms with E-state index < -0.39 is 0 Å². The standard InChI is InChI=1S/C17H16ClN3O/c18-15-3-1-2-14(9-19)17(15)21-10-13-6-7-20-16(8-13)22-11-12-4-5-12/h1-3,6-8,12,21H,4-5,10-11H2. The summed E-state index contributed by atoms with van der Waals surface area (Å²) in [7, 11) is 0. The maximum atomic E-state index is 9.13. The van der Waals surface area contributed by atoms with Gasteiger partial charge in [0.25, 0.3) is 0 Å². The normalized spacial score (nSPS) is 13.5. The van der Waals surface area contributed by atoms with Crippen molar-refractivity contribution in [2.24, 2.45) is 5.92 Å². The number of pyridine rings is 1. The molecule has 0 radical (unpaired) electrons. The molecule has 4 nitrogen and oxygen atoms in total. The van der Waals surface area contributed by atoms with Gasteiger partial charge in [-0.25, -0.2) is 4.98 Å². The maximum Gasteiger partial charge on any atom is 0.213 e. The second kappa shape index (κ2) is 6.67. The maximum absolute atomic E-state index is 9.13. The number of ether oxygens (including phenoxy) is 1. The molecule has 0 atom stereocenters. The van der Waals surface area contributed by atoms with Crippen LogP contribution in [0.15, 0.2) is 36.5 Å². The Morgan fingerprint density at radius 2 is 2.23 bits per heavy atom. The molecule has 0 saturated heterocycles. The summed E-state index contributed by atoms with van der Waals surface area (Å²) in [6, 6.07) is 11.2. The highest BCUT2D eigenvalue weighted by molar-refractivity contribution is 6.33. The molecule has 1 aromatic heterocycles. The number of nitrogens with one attached hydrogen (secondary N) is 1. The molecule has 0 spiro atoms. The lowest BCUT2D eigenvalue weighted by atomic mass is 10.2. The predicted octanol–water partition coefficient (Wildman–Crippen LogP) is 4.01. The number of halogens is 1. The van der Waals surface area contributed by atoms with Crippen LogP contribution in [0.3, 0.4) is 0 Å². The van der Waals surface area contributed by atoms with Crippen molar-refractivity contribution in [1.82, 2.24) is 4.98 Å². The number of para-hydroxylation sites is 1. The van der Waals surface area contributed by atoms with E-state index in [1.165, 1.54) is 12.8 Å². The van der Waals surface area contributed by atoms with Gasteiger partial charge >= 0.3 is 0 Å². The van der Waals surface area contributed by atoms with Gasteiger partial charge in [-0.2, -0.15) is 5.26 Å². The third-order valence-corrected chi connectivity index (χ3v) is 3.88. The number of anilines is 1. The van der Waals surface area contributed by atoms with E-state index in [1.807, 2.05) is 12.1 Å². The monoisotopic (exact) mass is 313 g/mol. The Balaban J connectivity index is 1.66. The van der Waals surface area contributed by atoms with E-state index in [4.69, 9.17) is 21.6 Å². The SMILES string of the molecule is N#Cc1cccc(Cl)c1NCc1ccnc(OCC2CC2)c1. The molecule has 0 amide bonds. The van der Waals surface area contributed by atoms with E-state index in [9.17, 15) is 0 Å². The van der Waals surface area contributed by atoms with Gasteiger partial charge in [-0.3, -0.25) is 0 Å². The van der Waals surface area contributed by atoms with Crippen LogP contribution in [0.1, 0.15) is 24.0 Å². The van der Waals surface area contributed by atoms with E-state index in [1.54, 1.807) is 24.4 Å². The number of nitriles is 1. The minimum atomic E-state index is 0.534. The average molecular weight is 314 g/mol. The number of hydrogen-bond donors (Lipinski definition) is 1. The molecule has 5 heteroatoms. The van der Waals surface area contributed by atoms with Crippen LogP contribution >= 0.6 is 11.6 Å². The molecule has 1 fully saturated rings. The summed E-state index contributed by atoms with van der Waals surface area (Å²) in [6.07, 6.45) is 4.24. The highest BCUT2D eigenvalue weighted by Gasteiger charge is 2.22. The molecule has 0 aliphatic heterocycles. The third-order valence-electron chi connectivity index (χ3n) is 3.57. The van der Waals surface area contributed by atoms with E-state index >= 15 is 0 Å². The Morgan fingerprint density at radius 1 is 1.36 bits per heavy atom. The van der Waals surface area contributed by atoms with Crippen molar-refractivity contribution in [2.45, 2.75) is 19.4 Å². The molecule has 22 heavy (non-hydrogen) atoms. The van der Waals surface area contributed by atoms with Gasteiger partial charge < -0.3 is 10.1 Å². The quantitative estimate of drug-likeness (QED) is 0.875. The second-order valence-corrected chi connectivity index (χ2v) is 5.79. The molecule has 0 bridgehead atoms. The van der Waals surface area contributed by atoms with Crippen LogP contribution in [-0.4, -0.2) is 11.6 Å². The molecular formula is C17H16ClN3O. The van der Waals surface area contributed by atoms with Gasteiger partial charge in [0.15, 0.2) is 0 Å². The molecule has 2 aromatic rings. The third kappa shape index (κ3) is 3.69. The number of benzene rings is 1. The molecule has 1 N–H and O–H groups in total. The molecule has 3 rings (SSSR count). The zero-order chi connectivity index (χ0) is 15.4. The Kier molecular flexibility index (Phi) is 4.45. The first kappa shape index (κ1) is 14.7. The van der Waals surface area contributed by atoms with Gasteiger partial charge in [-0.1, -0.05) is 17.7 Å². The van der Waals surface area contributed by atoms with Gasteiger partial charge in [-0.15, -0.1) is 0 Å². The van der Waals surface area contributed by atoms with Crippen LogP contribution in [-0.2, 0) is 6.54 Å². The van der Waals surface area contributed by atoms with Crippen molar-refractivity contribution < 1.29 is 4.74 Å². The summed E-state index contributed by atoms with van der Waals surface area (Å²) in [5, 5.41) is 12.9. The molecule has 1 aliphatic carbocycles. The lowest BCUT2D eigenvalue weighted by molar-refractivity contribution is 0.288. The smallest absolute Gasteiger partial charge is 0.213 e. The van der Waals surface area contributed by atoms with Crippen LogP contribution in [0.2, 0.25) is 5.02 Å². The lowest BCUT2D eigenvalue weighted by Gasteiger charge is -2.11. The molecule has 1 heterocycles. The Labute approximate surface area is 134 Å². The van der Waals surface area contributed by atoms with Crippen molar-refractivity contribution in [3.05, 3.63) is 52.7 Å². The largest absolute Gasteiger partial charge is 0.477 e. The summed E-state index contributed by atoms with van der Waals surface area (Å²) in [5.74, 6) is 1.34. The van der Waals surface area contributed by atoms with Gasteiger partial charge in [-0.05, 0) is 42.5 Å². The Morgan fingerprint density at radius 3 is 3.00 bits per heavy atom. The van der Waals surface area contributed by atoms with Gasteiger partial charge in [0.05, 0.1) is 22.9 Å². The summed E-state index contributed by atoms with van der Waals surface area (Å²) in [4.78, 5) is 4.22. The van der Waals surface area contributed by atoms with Crippen molar-refractivity contribution in [2.75, 3.05) is 11.9 Å². The fourth-order valence-corrected chi connectivity index (χ4v) is 2.36. The van der Waals surface area contributed by atoms with Crippen LogP contribution in [0, 0.1) is 17.2 Å². The summed E-state index contributed by atoms with van der Waals surface area (Å²) in [5.41, 5.74) is 2.22. The molecular weight excluding hydrogens is 298 g/mol. The highest BCUT2D eigenvalue weighted by atomic mass is 35.5.